The molecule has 1 aliphatic heterocycles. The van der Waals surface area contributed by atoms with Crippen molar-refractivity contribution in [2.24, 2.45) is 5.73 Å². The Kier molecular flexibility index (Phi) is 3.47. The van der Waals surface area contributed by atoms with Crippen LogP contribution in [0.25, 0.3) is 5.65 Å². The average molecular weight is 294 g/mol. The van der Waals surface area contributed by atoms with Crippen LogP contribution in [-0.4, -0.2) is 34.0 Å². The van der Waals surface area contributed by atoms with Gasteiger partial charge in [-0.2, -0.15) is 0 Å². The monoisotopic (exact) mass is 294 g/mol. The molecule has 3 rings (SSSR count). The Morgan fingerprint density at radius 3 is 2.95 bits per heavy atom. The standard InChI is InChI=1S/C13H18N4O2S/c14-9-10-4-3-6-17-12(15-16-13(10)17)8-11-5-1-2-7-20(11,18)19/h3-4,6,11H,1-2,5,7-9,14H2. The molecule has 0 radical (unpaired) electrons. The third kappa shape index (κ3) is 2.31. The molecule has 1 fully saturated rings. The Morgan fingerprint density at radius 2 is 2.20 bits per heavy atom. The molecule has 0 aliphatic carbocycles. The van der Waals surface area contributed by atoms with Crippen molar-refractivity contribution in [3.63, 3.8) is 0 Å². The highest BCUT2D eigenvalue weighted by Gasteiger charge is 2.30. The van der Waals surface area contributed by atoms with E-state index in [2.05, 4.69) is 10.2 Å². The molecule has 108 valence electrons. The molecule has 6 nitrogen and oxygen atoms in total. The van der Waals surface area contributed by atoms with Crippen molar-refractivity contribution < 1.29 is 8.42 Å². The van der Waals surface area contributed by atoms with Crippen LogP contribution in [0, 0.1) is 0 Å². The molecule has 0 spiro atoms. The molecule has 2 aromatic rings. The highest BCUT2D eigenvalue weighted by Crippen LogP contribution is 2.23. The number of hydrogen-bond acceptors (Lipinski definition) is 5. The average Bonchev–Trinajstić information content (AvgIpc) is 2.84. The van der Waals surface area contributed by atoms with Crippen molar-refractivity contribution in [1.82, 2.24) is 14.6 Å². The van der Waals surface area contributed by atoms with Gasteiger partial charge in [-0.05, 0) is 18.9 Å². The fourth-order valence-electron chi connectivity index (χ4n) is 2.77. The summed E-state index contributed by atoms with van der Waals surface area (Å²) in [5.74, 6) is 0.994. The van der Waals surface area contributed by atoms with Gasteiger partial charge in [-0.15, -0.1) is 10.2 Å². The summed E-state index contributed by atoms with van der Waals surface area (Å²) in [5.41, 5.74) is 7.31. The third-order valence-electron chi connectivity index (χ3n) is 3.93. The Morgan fingerprint density at radius 1 is 1.35 bits per heavy atom. The molecule has 20 heavy (non-hydrogen) atoms. The lowest BCUT2D eigenvalue weighted by atomic mass is 10.1. The molecule has 1 aliphatic rings. The van der Waals surface area contributed by atoms with Crippen molar-refractivity contribution in [3.8, 4) is 0 Å². The molecule has 1 atom stereocenters. The maximum atomic E-state index is 12.1. The highest BCUT2D eigenvalue weighted by molar-refractivity contribution is 7.92. The SMILES string of the molecule is NCc1cccn2c(CC3CCCCS3(=O)=O)nnc12. The number of nitrogens with two attached hydrogens (primary N) is 1. The number of sulfone groups is 1. The first kappa shape index (κ1) is 13.5. The number of rotatable bonds is 3. The van der Waals surface area contributed by atoms with E-state index >= 15 is 0 Å². The van der Waals surface area contributed by atoms with Crippen LogP contribution >= 0.6 is 0 Å². The van der Waals surface area contributed by atoms with Crippen LogP contribution < -0.4 is 5.73 Å². The minimum atomic E-state index is -2.99. The number of hydrogen-bond donors (Lipinski definition) is 1. The number of fused-ring (bicyclic) bond motifs is 1. The van der Waals surface area contributed by atoms with Crippen molar-refractivity contribution in [2.45, 2.75) is 37.5 Å². The summed E-state index contributed by atoms with van der Waals surface area (Å²) in [4.78, 5) is 0. The summed E-state index contributed by atoms with van der Waals surface area (Å²) in [6.45, 7) is 0.393. The second-order valence-electron chi connectivity index (χ2n) is 5.24. The lowest BCUT2D eigenvalue weighted by Gasteiger charge is -2.21. The first-order valence-electron chi connectivity index (χ1n) is 6.85. The quantitative estimate of drug-likeness (QED) is 0.899. The lowest BCUT2D eigenvalue weighted by molar-refractivity contribution is 0.533. The van der Waals surface area contributed by atoms with Gasteiger partial charge in [0.15, 0.2) is 15.5 Å². The molecule has 7 heteroatoms. The van der Waals surface area contributed by atoms with Gasteiger partial charge in [-0.3, -0.25) is 4.40 Å². The van der Waals surface area contributed by atoms with Gasteiger partial charge in [0, 0.05) is 24.7 Å². The molecule has 0 saturated carbocycles. The van der Waals surface area contributed by atoms with Gasteiger partial charge in [0.1, 0.15) is 5.82 Å². The fraction of sp³-hybridized carbons (Fsp3) is 0.538. The van der Waals surface area contributed by atoms with Gasteiger partial charge >= 0.3 is 0 Å². The third-order valence-corrected chi connectivity index (χ3v) is 6.20. The zero-order chi connectivity index (χ0) is 14.2. The van der Waals surface area contributed by atoms with Crippen molar-refractivity contribution >= 4 is 15.5 Å². The zero-order valence-corrected chi connectivity index (χ0v) is 12.0. The summed E-state index contributed by atoms with van der Waals surface area (Å²) >= 11 is 0. The molecule has 2 N–H and O–H groups in total. The molecular formula is C13H18N4O2S. The zero-order valence-electron chi connectivity index (χ0n) is 11.2. The Bertz CT molecular complexity index is 723. The smallest absolute Gasteiger partial charge is 0.165 e. The largest absolute Gasteiger partial charge is 0.326 e. The Balaban J connectivity index is 1.95. The Labute approximate surface area is 117 Å². The predicted molar refractivity (Wildman–Crippen MR) is 76.0 cm³/mol. The number of nitrogens with zero attached hydrogens (tertiary/aromatic N) is 3. The molecule has 1 unspecified atom stereocenters. The Hall–Kier alpha value is -1.47. The van der Waals surface area contributed by atoms with E-state index in [9.17, 15) is 8.42 Å². The molecule has 0 amide bonds. The highest BCUT2D eigenvalue weighted by atomic mass is 32.2. The summed E-state index contributed by atoms with van der Waals surface area (Å²) in [6.07, 6.45) is 4.75. The number of pyridine rings is 1. The van der Waals surface area contributed by atoms with E-state index < -0.39 is 9.84 Å². The van der Waals surface area contributed by atoms with Crippen LogP contribution in [0.3, 0.4) is 0 Å². The predicted octanol–water partition coefficient (Wildman–Crippen LogP) is 0.698. The van der Waals surface area contributed by atoms with Gasteiger partial charge in [-0.25, -0.2) is 8.42 Å². The summed E-state index contributed by atoms with van der Waals surface area (Å²) < 4.78 is 26.0. The molecule has 0 bridgehead atoms. The van der Waals surface area contributed by atoms with Crippen LogP contribution in [0.4, 0.5) is 0 Å². The van der Waals surface area contributed by atoms with Crippen LogP contribution in [0.5, 0.6) is 0 Å². The van der Waals surface area contributed by atoms with Crippen LogP contribution in [0.2, 0.25) is 0 Å². The van der Waals surface area contributed by atoms with E-state index in [1.807, 2.05) is 22.7 Å². The van der Waals surface area contributed by atoms with Gasteiger partial charge < -0.3 is 5.73 Å². The minimum Gasteiger partial charge on any atom is -0.326 e. The lowest BCUT2D eigenvalue weighted by Crippen LogP contribution is -2.30. The van der Waals surface area contributed by atoms with Gasteiger partial charge in [0.2, 0.25) is 0 Å². The van der Waals surface area contributed by atoms with Crippen molar-refractivity contribution in [3.05, 3.63) is 29.7 Å². The molecule has 3 heterocycles. The van der Waals surface area contributed by atoms with E-state index in [1.165, 1.54) is 0 Å². The van der Waals surface area contributed by atoms with E-state index in [1.54, 1.807) is 0 Å². The summed E-state index contributed by atoms with van der Waals surface area (Å²) in [7, 11) is -2.99. The normalized spacial score (nSPS) is 22.1. The summed E-state index contributed by atoms with van der Waals surface area (Å²) in [6, 6.07) is 3.79. The molecule has 2 aromatic heterocycles. The topological polar surface area (TPSA) is 90.3 Å². The van der Waals surface area contributed by atoms with Gasteiger partial charge in [0.05, 0.1) is 11.0 Å². The first-order chi connectivity index (χ1) is 9.62. The van der Waals surface area contributed by atoms with Gasteiger partial charge in [-0.1, -0.05) is 12.5 Å². The molecule has 0 aromatic carbocycles. The fourth-order valence-corrected chi connectivity index (χ4v) is 4.64. The minimum absolute atomic E-state index is 0.294. The number of aromatic nitrogens is 3. The van der Waals surface area contributed by atoms with E-state index in [0.717, 1.165) is 24.1 Å². The maximum absolute atomic E-state index is 12.1. The summed E-state index contributed by atoms with van der Waals surface area (Å²) in [5, 5.41) is 7.97. The van der Waals surface area contributed by atoms with E-state index in [-0.39, 0.29) is 5.25 Å². The maximum Gasteiger partial charge on any atom is 0.165 e. The van der Waals surface area contributed by atoms with E-state index in [4.69, 9.17) is 5.73 Å². The first-order valence-corrected chi connectivity index (χ1v) is 8.56. The van der Waals surface area contributed by atoms with E-state index in [0.29, 0.717) is 31.0 Å². The van der Waals surface area contributed by atoms with Crippen LogP contribution in [-0.2, 0) is 22.8 Å². The van der Waals surface area contributed by atoms with Crippen molar-refractivity contribution in [1.29, 1.82) is 0 Å². The van der Waals surface area contributed by atoms with Crippen LogP contribution in [0.1, 0.15) is 30.7 Å². The second kappa shape index (κ2) is 5.14. The molecular weight excluding hydrogens is 276 g/mol. The molecule has 1 saturated heterocycles. The van der Waals surface area contributed by atoms with Gasteiger partial charge in [0.25, 0.3) is 0 Å². The van der Waals surface area contributed by atoms with Crippen molar-refractivity contribution in [2.75, 3.05) is 5.75 Å². The van der Waals surface area contributed by atoms with Crippen LogP contribution in [0.15, 0.2) is 18.3 Å². The second-order valence-corrected chi connectivity index (χ2v) is 7.64.